The number of carbonyl (C=O) groups excluding carboxylic acids is 1. The average molecular weight is 464 g/mol. The van der Waals surface area contributed by atoms with Crippen LogP contribution in [-0.4, -0.2) is 33.2 Å². The van der Waals surface area contributed by atoms with Crippen LogP contribution in [0.15, 0.2) is 82.1 Å². The van der Waals surface area contributed by atoms with Crippen molar-refractivity contribution in [2.24, 2.45) is 0 Å². The molecule has 4 rings (SSSR count). The molecule has 0 aliphatic carbocycles. The van der Waals surface area contributed by atoms with Crippen LogP contribution in [0, 0.1) is 0 Å². The summed E-state index contributed by atoms with van der Waals surface area (Å²) >= 11 is 2.97. The van der Waals surface area contributed by atoms with Gasteiger partial charge in [-0.1, -0.05) is 60.3 Å². The summed E-state index contributed by atoms with van der Waals surface area (Å²) in [6.45, 7) is 1.15. The number of benzene rings is 2. The van der Waals surface area contributed by atoms with E-state index < -0.39 is 0 Å². The summed E-state index contributed by atoms with van der Waals surface area (Å²) in [5, 5.41) is 3.22. The minimum Gasteiger partial charge on any atom is -0.340 e. The largest absolute Gasteiger partial charge is 0.340 e. The highest BCUT2D eigenvalue weighted by molar-refractivity contribution is 7.99. The van der Waals surface area contributed by atoms with Crippen LogP contribution >= 0.6 is 23.1 Å². The molecular formula is C25H25N3O2S2. The van der Waals surface area contributed by atoms with Crippen LogP contribution in [0.3, 0.4) is 0 Å². The van der Waals surface area contributed by atoms with Crippen LogP contribution in [0.4, 0.5) is 0 Å². The minimum atomic E-state index is -0.0504. The van der Waals surface area contributed by atoms with Crippen molar-refractivity contribution in [2.75, 3.05) is 12.8 Å². The van der Waals surface area contributed by atoms with Crippen LogP contribution in [0.5, 0.6) is 0 Å². The van der Waals surface area contributed by atoms with Gasteiger partial charge in [0.25, 0.3) is 5.56 Å². The summed E-state index contributed by atoms with van der Waals surface area (Å²) in [6.07, 6.45) is 1.70. The first-order valence-corrected chi connectivity index (χ1v) is 12.4. The maximum absolute atomic E-state index is 13.2. The molecule has 0 aliphatic rings. The van der Waals surface area contributed by atoms with E-state index in [0.29, 0.717) is 29.1 Å². The van der Waals surface area contributed by atoms with Crippen molar-refractivity contribution < 1.29 is 4.79 Å². The molecule has 2 aromatic heterocycles. The van der Waals surface area contributed by atoms with Gasteiger partial charge < -0.3 is 4.90 Å². The molecule has 0 atom stereocenters. The average Bonchev–Trinajstić information content (AvgIpc) is 3.33. The second-order valence-corrected chi connectivity index (χ2v) is 9.55. The molecule has 4 aromatic rings. The number of carbonyl (C=O) groups is 1. The van der Waals surface area contributed by atoms with Gasteiger partial charge in [0.05, 0.1) is 23.2 Å². The lowest BCUT2D eigenvalue weighted by molar-refractivity contribution is -0.127. The van der Waals surface area contributed by atoms with Crippen LogP contribution < -0.4 is 5.56 Å². The molecule has 0 saturated carbocycles. The van der Waals surface area contributed by atoms with Gasteiger partial charge in [-0.15, -0.1) is 11.3 Å². The highest BCUT2D eigenvalue weighted by Gasteiger charge is 2.15. The lowest BCUT2D eigenvalue weighted by Gasteiger charge is -2.17. The Morgan fingerprint density at radius 2 is 1.84 bits per heavy atom. The van der Waals surface area contributed by atoms with E-state index in [1.54, 1.807) is 20.8 Å². The highest BCUT2D eigenvalue weighted by atomic mass is 32.2. The molecule has 32 heavy (non-hydrogen) atoms. The molecule has 0 radical (unpaired) electrons. The van der Waals surface area contributed by atoms with Gasteiger partial charge in [0.2, 0.25) is 5.91 Å². The quantitative estimate of drug-likeness (QED) is 0.263. The molecule has 0 fully saturated rings. The van der Waals surface area contributed by atoms with Gasteiger partial charge >= 0.3 is 0 Å². The number of rotatable bonds is 9. The molecule has 7 heteroatoms. The smallest absolute Gasteiger partial charge is 0.262 e. The Bertz CT molecular complexity index is 1240. The molecule has 2 heterocycles. The molecule has 164 valence electrons. The van der Waals surface area contributed by atoms with Crippen molar-refractivity contribution >= 4 is 39.9 Å². The third kappa shape index (κ3) is 5.47. The van der Waals surface area contributed by atoms with Crippen LogP contribution in [0.1, 0.15) is 16.9 Å². The third-order valence-corrected chi connectivity index (χ3v) is 7.06. The number of para-hydroxylation sites is 1. The predicted molar refractivity (Wildman–Crippen MR) is 132 cm³/mol. The zero-order chi connectivity index (χ0) is 22.3. The predicted octanol–water partition coefficient (Wildman–Crippen LogP) is 4.84. The molecule has 0 saturated heterocycles. The molecule has 1 amide bonds. The number of hydrogen-bond acceptors (Lipinski definition) is 5. The maximum Gasteiger partial charge on any atom is 0.262 e. The van der Waals surface area contributed by atoms with Crippen LogP contribution in [-0.2, 0) is 24.3 Å². The molecule has 0 aliphatic heterocycles. The Balaban J connectivity index is 1.50. The van der Waals surface area contributed by atoms with Crippen molar-refractivity contribution in [1.29, 1.82) is 0 Å². The lowest BCUT2D eigenvalue weighted by atomic mass is 10.1. The first kappa shape index (κ1) is 22.3. The molecular weight excluding hydrogens is 438 g/mol. The number of fused-ring (bicyclic) bond motifs is 1. The summed E-state index contributed by atoms with van der Waals surface area (Å²) in [5.41, 5.74) is 1.86. The van der Waals surface area contributed by atoms with E-state index in [4.69, 9.17) is 4.98 Å². The van der Waals surface area contributed by atoms with Crippen LogP contribution in [0.25, 0.3) is 10.9 Å². The van der Waals surface area contributed by atoms with E-state index in [0.717, 1.165) is 17.7 Å². The van der Waals surface area contributed by atoms with Crippen molar-refractivity contribution in [2.45, 2.75) is 31.1 Å². The van der Waals surface area contributed by atoms with E-state index in [9.17, 15) is 9.59 Å². The standard InChI is InChI=1S/C25H25N3O2S2/c1-27(17-20-12-8-16-31-20)23(29)18-32-25-26-22-14-6-5-13-21(22)24(30)28(25)15-7-11-19-9-3-2-4-10-19/h2-6,8-10,12-14,16H,7,11,15,17-18H2,1H3. The summed E-state index contributed by atoms with van der Waals surface area (Å²) in [6, 6.07) is 21.7. The molecule has 0 N–H and O–H groups in total. The third-order valence-electron chi connectivity index (χ3n) is 5.24. The Morgan fingerprint density at radius 1 is 1.06 bits per heavy atom. The Labute approximate surface area is 195 Å². The maximum atomic E-state index is 13.2. The molecule has 0 spiro atoms. The second-order valence-electron chi connectivity index (χ2n) is 7.58. The zero-order valence-electron chi connectivity index (χ0n) is 17.9. The number of thiophene rings is 1. The van der Waals surface area contributed by atoms with Crippen molar-refractivity contribution in [3.63, 3.8) is 0 Å². The normalized spacial score (nSPS) is 11.0. The van der Waals surface area contributed by atoms with Gasteiger partial charge in [-0.05, 0) is 42.0 Å². The number of aryl methyl sites for hydroxylation is 1. The SMILES string of the molecule is CN(Cc1cccs1)C(=O)CSc1nc2ccccc2c(=O)n1CCCc1ccccc1. The van der Waals surface area contributed by atoms with E-state index in [1.807, 2.05) is 67.0 Å². The molecule has 2 aromatic carbocycles. The van der Waals surface area contributed by atoms with Gasteiger partial charge in [-0.25, -0.2) is 4.98 Å². The van der Waals surface area contributed by atoms with Crippen molar-refractivity contribution in [3.8, 4) is 0 Å². The van der Waals surface area contributed by atoms with E-state index >= 15 is 0 Å². The molecule has 5 nitrogen and oxygen atoms in total. The first-order chi connectivity index (χ1) is 15.6. The first-order valence-electron chi connectivity index (χ1n) is 10.5. The van der Waals surface area contributed by atoms with Gasteiger partial charge in [-0.3, -0.25) is 14.2 Å². The van der Waals surface area contributed by atoms with E-state index in [-0.39, 0.29) is 17.2 Å². The Hall–Kier alpha value is -2.90. The Morgan fingerprint density at radius 3 is 2.62 bits per heavy atom. The summed E-state index contributed by atoms with van der Waals surface area (Å²) in [7, 11) is 1.81. The number of aromatic nitrogens is 2. The second kappa shape index (κ2) is 10.6. The summed E-state index contributed by atoms with van der Waals surface area (Å²) in [5.74, 6) is 0.257. The Kier molecular flexibility index (Phi) is 7.39. The highest BCUT2D eigenvalue weighted by Crippen LogP contribution is 2.20. The van der Waals surface area contributed by atoms with Crippen molar-refractivity contribution in [1.82, 2.24) is 14.5 Å². The number of thioether (sulfide) groups is 1. The number of nitrogens with zero attached hydrogens (tertiary/aromatic N) is 3. The topological polar surface area (TPSA) is 55.2 Å². The lowest BCUT2D eigenvalue weighted by Crippen LogP contribution is -2.28. The molecule has 0 bridgehead atoms. The van der Waals surface area contributed by atoms with Crippen LogP contribution in [0.2, 0.25) is 0 Å². The van der Waals surface area contributed by atoms with E-state index in [2.05, 4.69) is 12.1 Å². The molecule has 0 unspecified atom stereocenters. The number of hydrogen-bond donors (Lipinski definition) is 0. The zero-order valence-corrected chi connectivity index (χ0v) is 19.6. The van der Waals surface area contributed by atoms with Gasteiger partial charge in [0, 0.05) is 18.5 Å². The van der Waals surface area contributed by atoms with Gasteiger partial charge in [-0.2, -0.15) is 0 Å². The number of amides is 1. The summed E-state index contributed by atoms with van der Waals surface area (Å²) in [4.78, 5) is 33.5. The fourth-order valence-corrected chi connectivity index (χ4v) is 5.23. The fraction of sp³-hybridized carbons (Fsp3) is 0.240. The minimum absolute atomic E-state index is 0.0154. The monoisotopic (exact) mass is 463 g/mol. The van der Waals surface area contributed by atoms with Gasteiger partial charge in [0.1, 0.15) is 0 Å². The summed E-state index contributed by atoms with van der Waals surface area (Å²) < 4.78 is 1.72. The fourth-order valence-electron chi connectivity index (χ4n) is 3.50. The van der Waals surface area contributed by atoms with Gasteiger partial charge in [0.15, 0.2) is 5.16 Å². The van der Waals surface area contributed by atoms with Crippen molar-refractivity contribution in [3.05, 3.63) is 92.9 Å². The van der Waals surface area contributed by atoms with E-state index in [1.165, 1.54) is 17.3 Å².